The molecule has 1 aliphatic carbocycles. The van der Waals surface area contributed by atoms with E-state index in [-0.39, 0.29) is 0 Å². The van der Waals surface area contributed by atoms with Crippen molar-refractivity contribution >= 4 is 5.57 Å². The van der Waals surface area contributed by atoms with Crippen LogP contribution in [-0.2, 0) is 6.42 Å². The first-order valence-electron chi connectivity index (χ1n) is 7.25. The molecule has 0 N–H and O–H groups in total. The molecule has 2 rings (SSSR count). The van der Waals surface area contributed by atoms with Crippen LogP contribution in [0.25, 0.3) is 5.57 Å². The SMILES string of the molecule is C=C=C(c1ccc(CC)cc1)C1CC1.CCCC. The first-order chi connectivity index (χ1) is 8.76. The van der Waals surface area contributed by atoms with Crippen molar-refractivity contribution in [2.24, 2.45) is 5.92 Å². The van der Waals surface area contributed by atoms with Crippen molar-refractivity contribution in [3.05, 3.63) is 47.7 Å². The molecule has 1 aliphatic rings. The lowest BCUT2D eigenvalue weighted by Gasteiger charge is -2.04. The van der Waals surface area contributed by atoms with Crippen LogP contribution in [-0.4, -0.2) is 0 Å². The third-order valence-electron chi connectivity index (χ3n) is 3.35. The lowest BCUT2D eigenvalue weighted by molar-refractivity contribution is 0.886. The fourth-order valence-corrected chi connectivity index (χ4v) is 1.77. The number of benzene rings is 1. The summed E-state index contributed by atoms with van der Waals surface area (Å²) in [6, 6.07) is 8.80. The van der Waals surface area contributed by atoms with Crippen molar-refractivity contribution in [2.45, 2.75) is 52.9 Å². The molecule has 18 heavy (non-hydrogen) atoms. The first-order valence-corrected chi connectivity index (χ1v) is 7.25. The molecule has 1 saturated carbocycles. The van der Waals surface area contributed by atoms with Crippen LogP contribution in [0.2, 0.25) is 0 Å². The number of hydrogen-bond acceptors (Lipinski definition) is 0. The highest BCUT2D eigenvalue weighted by Crippen LogP contribution is 2.41. The number of unbranched alkanes of at least 4 members (excludes halogenated alkanes) is 1. The Morgan fingerprint density at radius 1 is 1.11 bits per heavy atom. The van der Waals surface area contributed by atoms with Gasteiger partial charge >= 0.3 is 0 Å². The van der Waals surface area contributed by atoms with Gasteiger partial charge in [-0.1, -0.05) is 64.5 Å². The lowest BCUT2D eigenvalue weighted by Crippen LogP contribution is -1.86. The molecule has 0 radical (unpaired) electrons. The maximum Gasteiger partial charge on any atom is 0.00368 e. The Morgan fingerprint density at radius 2 is 1.67 bits per heavy atom. The van der Waals surface area contributed by atoms with Crippen molar-refractivity contribution in [3.8, 4) is 0 Å². The van der Waals surface area contributed by atoms with Crippen LogP contribution in [0.1, 0.15) is 57.6 Å². The third-order valence-corrected chi connectivity index (χ3v) is 3.35. The molecule has 0 heteroatoms. The molecule has 0 atom stereocenters. The highest BCUT2D eigenvalue weighted by Gasteiger charge is 2.26. The molecule has 0 nitrogen and oxygen atoms in total. The Labute approximate surface area is 112 Å². The van der Waals surface area contributed by atoms with Gasteiger partial charge in [-0.25, -0.2) is 0 Å². The van der Waals surface area contributed by atoms with Gasteiger partial charge < -0.3 is 0 Å². The summed E-state index contributed by atoms with van der Waals surface area (Å²) in [6.45, 7) is 10.3. The Morgan fingerprint density at radius 3 is 2.00 bits per heavy atom. The van der Waals surface area contributed by atoms with Crippen LogP contribution >= 0.6 is 0 Å². The van der Waals surface area contributed by atoms with Gasteiger partial charge in [-0.2, -0.15) is 0 Å². The molecule has 0 amide bonds. The highest BCUT2D eigenvalue weighted by molar-refractivity contribution is 5.68. The molecule has 0 saturated heterocycles. The summed E-state index contributed by atoms with van der Waals surface area (Å²) in [4.78, 5) is 0. The molecule has 0 bridgehead atoms. The molecular formula is C18H26. The van der Waals surface area contributed by atoms with Crippen LogP contribution in [0, 0.1) is 5.92 Å². The second-order valence-corrected chi connectivity index (χ2v) is 4.92. The quantitative estimate of drug-likeness (QED) is 0.600. The molecule has 1 fully saturated rings. The summed E-state index contributed by atoms with van der Waals surface area (Å²) in [5.41, 5.74) is 7.10. The van der Waals surface area contributed by atoms with Crippen molar-refractivity contribution in [1.29, 1.82) is 0 Å². The van der Waals surface area contributed by atoms with Crippen molar-refractivity contribution < 1.29 is 0 Å². The zero-order chi connectivity index (χ0) is 13.4. The molecule has 98 valence electrons. The van der Waals surface area contributed by atoms with Gasteiger partial charge in [0.25, 0.3) is 0 Å². The van der Waals surface area contributed by atoms with Crippen LogP contribution in [0.3, 0.4) is 0 Å². The highest BCUT2D eigenvalue weighted by atomic mass is 14.3. The normalized spacial score (nSPS) is 13.3. The van der Waals surface area contributed by atoms with Crippen molar-refractivity contribution in [2.75, 3.05) is 0 Å². The van der Waals surface area contributed by atoms with Gasteiger partial charge in [0, 0.05) is 5.57 Å². The average Bonchev–Trinajstić information content (AvgIpc) is 3.25. The fraction of sp³-hybridized carbons (Fsp3) is 0.500. The molecule has 1 aromatic rings. The van der Waals surface area contributed by atoms with Crippen molar-refractivity contribution in [1.82, 2.24) is 0 Å². The van der Waals surface area contributed by atoms with E-state index in [1.807, 2.05) is 0 Å². The van der Waals surface area contributed by atoms with Crippen LogP contribution in [0.4, 0.5) is 0 Å². The van der Waals surface area contributed by atoms with Gasteiger partial charge in [0.05, 0.1) is 0 Å². The molecule has 0 aromatic heterocycles. The van der Waals surface area contributed by atoms with E-state index in [1.54, 1.807) is 0 Å². The van der Waals surface area contributed by atoms with Gasteiger partial charge in [0.1, 0.15) is 0 Å². The van der Waals surface area contributed by atoms with E-state index in [0.717, 1.165) is 12.3 Å². The topological polar surface area (TPSA) is 0 Å². The van der Waals surface area contributed by atoms with Gasteiger partial charge in [-0.05, 0) is 36.3 Å². The number of aryl methyl sites for hydroxylation is 1. The minimum atomic E-state index is 0.736. The average molecular weight is 242 g/mol. The summed E-state index contributed by atoms with van der Waals surface area (Å²) < 4.78 is 0. The summed E-state index contributed by atoms with van der Waals surface area (Å²) in [7, 11) is 0. The third kappa shape index (κ3) is 4.55. The largest absolute Gasteiger partial charge is 0.124 e. The Bertz CT molecular complexity index is 385. The molecule has 0 spiro atoms. The maximum absolute atomic E-state index is 3.78. The van der Waals surface area contributed by atoms with E-state index >= 15 is 0 Å². The molecule has 0 unspecified atom stereocenters. The predicted octanol–water partition coefficient (Wildman–Crippen LogP) is 5.63. The monoisotopic (exact) mass is 242 g/mol. The Hall–Kier alpha value is -1.26. The van der Waals surface area contributed by atoms with Gasteiger partial charge in [-0.3, -0.25) is 0 Å². The number of allylic oxidation sites excluding steroid dienone is 1. The molecule has 0 heterocycles. The summed E-state index contributed by atoms with van der Waals surface area (Å²) in [6.07, 6.45) is 6.37. The maximum atomic E-state index is 3.78. The summed E-state index contributed by atoms with van der Waals surface area (Å²) in [5, 5.41) is 0. The van der Waals surface area contributed by atoms with E-state index in [9.17, 15) is 0 Å². The van der Waals surface area contributed by atoms with Crippen LogP contribution in [0.15, 0.2) is 36.6 Å². The molecular weight excluding hydrogens is 216 g/mol. The predicted molar refractivity (Wildman–Crippen MR) is 81.7 cm³/mol. The van der Waals surface area contributed by atoms with E-state index in [2.05, 4.69) is 57.3 Å². The van der Waals surface area contributed by atoms with Crippen LogP contribution in [0.5, 0.6) is 0 Å². The first kappa shape index (κ1) is 14.8. The minimum absolute atomic E-state index is 0.736. The Balaban J connectivity index is 0.000000357. The summed E-state index contributed by atoms with van der Waals surface area (Å²) in [5.74, 6) is 0.736. The van der Waals surface area contributed by atoms with E-state index in [4.69, 9.17) is 0 Å². The van der Waals surface area contributed by atoms with E-state index < -0.39 is 0 Å². The van der Waals surface area contributed by atoms with E-state index in [0.29, 0.717) is 0 Å². The minimum Gasteiger partial charge on any atom is -0.124 e. The lowest BCUT2D eigenvalue weighted by atomic mass is 10.0. The smallest absolute Gasteiger partial charge is 0.00368 e. The Kier molecular flexibility index (Phi) is 6.54. The number of rotatable bonds is 4. The zero-order valence-corrected chi connectivity index (χ0v) is 12.1. The fourth-order valence-electron chi connectivity index (χ4n) is 1.77. The van der Waals surface area contributed by atoms with Gasteiger partial charge in [0.15, 0.2) is 0 Å². The zero-order valence-electron chi connectivity index (χ0n) is 12.1. The second-order valence-electron chi connectivity index (χ2n) is 4.92. The van der Waals surface area contributed by atoms with Crippen molar-refractivity contribution in [3.63, 3.8) is 0 Å². The molecule has 1 aromatic carbocycles. The van der Waals surface area contributed by atoms with Crippen LogP contribution < -0.4 is 0 Å². The van der Waals surface area contributed by atoms with E-state index in [1.165, 1.54) is 42.4 Å². The summed E-state index contributed by atoms with van der Waals surface area (Å²) >= 11 is 0. The van der Waals surface area contributed by atoms with Gasteiger partial charge in [-0.15, -0.1) is 5.73 Å². The number of hydrogen-bond donors (Lipinski definition) is 0. The standard InChI is InChI=1S/C14H16.C4H10/c1-3-11-5-7-12(8-6-11)14(4-2)13-9-10-13;1-3-4-2/h5-8,13H,2-3,9-10H2,1H3;3-4H2,1-2H3. The van der Waals surface area contributed by atoms with Gasteiger partial charge in [0.2, 0.25) is 0 Å². The molecule has 0 aliphatic heterocycles. The second kappa shape index (κ2) is 7.95.